The van der Waals surface area contributed by atoms with Crippen molar-refractivity contribution in [2.75, 3.05) is 14.1 Å². The van der Waals surface area contributed by atoms with Crippen LogP contribution in [0, 0.1) is 17.3 Å². The molecule has 0 spiro atoms. The second kappa shape index (κ2) is 7.34. The minimum atomic E-state index is -4.45. The Kier molecular flexibility index (Phi) is 5.26. The molecule has 8 heteroatoms. The molecule has 1 aromatic rings. The summed E-state index contributed by atoms with van der Waals surface area (Å²) in [6.45, 7) is 2.76. The lowest BCUT2D eigenvalue weighted by Gasteiger charge is -2.48. The van der Waals surface area contributed by atoms with E-state index in [-0.39, 0.29) is 5.41 Å². The molecule has 0 amide bonds. The molecule has 0 bridgehead atoms. The number of rotatable bonds is 5. The number of nitrogens with one attached hydrogen (secondary N) is 1. The summed E-state index contributed by atoms with van der Waals surface area (Å²) in [5.74, 6) is 2.30. The SMILES string of the molecule is CN(C)Cc1cc2c(cc1ONS(=O)(=O)O)CC[C@@H]1[C@@H]2CC[C@]2(C)C(=O)CC[C@@H]12. The maximum atomic E-state index is 12.5. The number of fused-ring (bicyclic) bond motifs is 5. The lowest BCUT2D eigenvalue weighted by atomic mass is 9.55. The second-order valence-electron chi connectivity index (χ2n) is 9.39. The third-order valence-electron chi connectivity index (χ3n) is 7.36. The van der Waals surface area contributed by atoms with E-state index in [0.29, 0.717) is 35.8 Å². The van der Waals surface area contributed by atoms with Crippen molar-refractivity contribution in [1.29, 1.82) is 0 Å². The highest BCUT2D eigenvalue weighted by atomic mass is 32.2. The average Bonchev–Trinajstić information content (AvgIpc) is 2.94. The molecule has 4 atom stereocenters. The molecular weight excluding hydrogens is 392 g/mol. The monoisotopic (exact) mass is 422 g/mol. The van der Waals surface area contributed by atoms with Gasteiger partial charge in [-0.15, -0.1) is 0 Å². The van der Waals surface area contributed by atoms with Crippen LogP contribution in [0.15, 0.2) is 12.1 Å². The Morgan fingerprint density at radius 1 is 1.24 bits per heavy atom. The van der Waals surface area contributed by atoms with Gasteiger partial charge in [0.2, 0.25) is 0 Å². The highest BCUT2D eigenvalue weighted by Crippen LogP contribution is 2.59. The summed E-state index contributed by atoms with van der Waals surface area (Å²) >= 11 is 0. The van der Waals surface area contributed by atoms with Gasteiger partial charge in [-0.25, -0.2) is 0 Å². The number of hydrogen-bond donors (Lipinski definition) is 2. The third-order valence-corrected chi connectivity index (χ3v) is 7.65. The molecule has 3 aliphatic rings. The summed E-state index contributed by atoms with van der Waals surface area (Å²) in [6.07, 6.45) is 5.63. The van der Waals surface area contributed by atoms with E-state index in [9.17, 15) is 13.2 Å². The van der Waals surface area contributed by atoms with Crippen LogP contribution in [-0.2, 0) is 28.1 Å². The summed E-state index contributed by atoms with van der Waals surface area (Å²) in [5, 5.41) is 0. The van der Waals surface area contributed by atoms with Gasteiger partial charge in [-0.2, -0.15) is 8.42 Å². The van der Waals surface area contributed by atoms with E-state index < -0.39 is 10.3 Å². The van der Waals surface area contributed by atoms with Gasteiger partial charge in [-0.1, -0.05) is 13.0 Å². The Morgan fingerprint density at radius 2 is 2.00 bits per heavy atom. The molecule has 1 aromatic carbocycles. The van der Waals surface area contributed by atoms with Crippen molar-refractivity contribution < 1.29 is 22.6 Å². The number of carbonyl (C=O) groups excluding carboxylic acids is 1. The fraction of sp³-hybridized carbons (Fsp3) is 0.667. The van der Waals surface area contributed by atoms with Gasteiger partial charge in [0.05, 0.1) is 0 Å². The van der Waals surface area contributed by atoms with Crippen LogP contribution in [0.25, 0.3) is 0 Å². The first-order valence-electron chi connectivity index (χ1n) is 10.3. The predicted molar refractivity (Wildman–Crippen MR) is 109 cm³/mol. The molecule has 0 aliphatic heterocycles. The van der Waals surface area contributed by atoms with Gasteiger partial charge in [0.1, 0.15) is 5.78 Å². The second-order valence-corrected chi connectivity index (χ2v) is 10.5. The van der Waals surface area contributed by atoms with Gasteiger partial charge in [-0.05, 0) is 86.0 Å². The normalized spacial score (nSPS) is 31.3. The molecular formula is C21H30N2O5S. The highest BCUT2D eigenvalue weighted by molar-refractivity contribution is 7.83. The van der Waals surface area contributed by atoms with Gasteiger partial charge < -0.3 is 9.74 Å². The minimum absolute atomic E-state index is 0.145. The Balaban J connectivity index is 1.68. The van der Waals surface area contributed by atoms with Gasteiger partial charge in [-0.3, -0.25) is 9.35 Å². The molecule has 0 saturated heterocycles. The van der Waals surface area contributed by atoms with Crippen molar-refractivity contribution in [2.24, 2.45) is 17.3 Å². The van der Waals surface area contributed by atoms with Crippen molar-refractivity contribution in [3.05, 3.63) is 28.8 Å². The van der Waals surface area contributed by atoms with Crippen molar-refractivity contribution in [2.45, 2.75) is 57.9 Å². The molecule has 2 fully saturated rings. The smallest absolute Gasteiger partial charge is 0.364 e. The molecule has 7 nitrogen and oxygen atoms in total. The lowest BCUT2D eigenvalue weighted by Crippen LogP contribution is -2.42. The Bertz CT molecular complexity index is 929. The van der Waals surface area contributed by atoms with Crippen molar-refractivity contribution in [1.82, 2.24) is 9.79 Å². The molecule has 160 valence electrons. The number of benzene rings is 1. The molecule has 29 heavy (non-hydrogen) atoms. The van der Waals surface area contributed by atoms with Crippen molar-refractivity contribution in [3.63, 3.8) is 0 Å². The van der Waals surface area contributed by atoms with E-state index in [4.69, 9.17) is 9.39 Å². The molecule has 4 rings (SSSR count). The van der Waals surface area contributed by atoms with Crippen molar-refractivity contribution >= 4 is 16.1 Å². The zero-order chi connectivity index (χ0) is 21.0. The fourth-order valence-corrected chi connectivity index (χ4v) is 6.27. The maximum absolute atomic E-state index is 12.5. The maximum Gasteiger partial charge on any atom is 0.364 e. The van der Waals surface area contributed by atoms with E-state index in [1.54, 1.807) is 4.89 Å². The number of hydrogen-bond acceptors (Lipinski definition) is 5. The zero-order valence-electron chi connectivity index (χ0n) is 17.3. The van der Waals surface area contributed by atoms with Crippen LogP contribution in [0.3, 0.4) is 0 Å². The minimum Gasteiger partial charge on any atom is -0.392 e. The third kappa shape index (κ3) is 3.83. The van der Waals surface area contributed by atoms with Crippen LogP contribution >= 0.6 is 0 Å². The van der Waals surface area contributed by atoms with Crippen LogP contribution in [-0.4, -0.2) is 37.7 Å². The summed E-state index contributed by atoms with van der Waals surface area (Å²) in [6, 6.07) is 4.06. The number of nitrogens with zero attached hydrogens (tertiary/aromatic N) is 1. The van der Waals surface area contributed by atoms with E-state index in [1.807, 2.05) is 25.1 Å². The number of Topliss-reactive ketones (excluding diaryl/α,β-unsaturated/α-hetero) is 1. The molecule has 0 aromatic heterocycles. The molecule has 3 aliphatic carbocycles. The quantitative estimate of drug-likeness (QED) is 0.560. The number of carbonyl (C=O) groups is 1. The first-order chi connectivity index (χ1) is 13.6. The summed E-state index contributed by atoms with van der Waals surface area (Å²) in [7, 11) is -0.562. The molecule has 0 heterocycles. The standard InChI is InChI=1S/C21H30N2O5S/c1-21-9-8-15-16(18(21)6-7-20(21)24)5-4-13-11-19(28-22-29(25,26)27)14(10-17(13)15)12-23(2)3/h10-11,15-16,18,22H,4-9,12H2,1-3H3,(H,25,26,27)/t15-,16+,18-,21-/m0/s1. The molecule has 0 unspecified atom stereocenters. The van der Waals surface area contributed by atoms with Crippen LogP contribution in [0.4, 0.5) is 0 Å². The number of ketones is 1. The Labute approximate surface area is 172 Å². The van der Waals surface area contributed by atoms with Gasteiger partial charge in [0.25, 0.3) is 0 Å². The van der Waals surface area contributed by atoms with E-state index in [2.05, 4.69) is 13.0 Å². The first kappa shape index (κ1) is 20.8. The van der Waals surface area contributed by atoms with E-state index in [1.165, 1.54) is 11.1 Å². The zero-order valence-corrected chi connectivity index (χ0v) is 18.1. The van der Waals surface area contributed by atoms with Crippen molar-refractivity contribution in [3.8, 4) is 5.75 Å². The Hall–Kier alpha value is -1.48. The Morgan fingerprint density at radius 3 is 2.69 bits per heavy atom. The summed E-state index contributed by atoms with van der Waals surface area (Å²) in [4.78, 5) is 21.5. The molecule has 2 N–H and O–H groups in total. The van der Waals surface area contributed by atoms with Crippen LogP contribution in [0.2, 0.25) is 0 Å². The van der Waals surface area contributed by atoms with Gasteiger partial charge >= 0.3 is 10.3 Å². The summed E-state index contributed by atoms with van der Waals surface area (Å²) in [5.41, 5.74) is 3.22. The fourth-order valence-electron chi connectivity index (χ4n) is 6.07. The average molecular weight is 423 g/mol. The predicted octanol–water partition coefficient (Wildman–Crippen LogP) is 2.86. The largest absolute Gasteiger partial charge is 0.392 e. The van der Waals surface area contributed by atoms with E-state index >= 15 is 0 Å². The van der Waals surface area contributed by atoms with Gasteiger partial charge in [0, 0.05) is 23.9 Å². The summed E-state index contributed by atoms with van der Waals surface area (Å²) < 4.78 is 31.1. The number of aryl methyl sites for hydroxylation is 1. The van der Waals surface area contributed by atoms with Gasteiger partial charge in [0.15, 0.2) is 5.75 Å². The molecule has 0 radical (unpaired) electrons. The molecule has 2 saturated carbocycles. The first-order valence-corrected chi connectivity index (χ1v) is 11.8. The van der Waals surface area contributed by atoms with Crippen LogP contribution in [0.1, 0.15) is 61.6 Å². The lowest BCUT2D eigenvalue weighted by molar-refractivity contribution is -0.129. The topological polar surface area (TPSA) is 95.9 Å². The highest BCUT2D eigenvalue weighted by Gasteiger charge is 2.54. The van der Waals surface area contributed by atoms with Crippen LogP contribution < -0.4 is 9.72 Å². The van der Waals surface area contributed by atoms with E-state index in [0.717, 1.165) is 44.1 Å². The van der Waals surface area contributed by atoms with Crippen LogP contribution in [0.5, 0.6) is 5.75 Å².